The van der Waals surface area contributed by atoms with Crippen LogP contribution in [-0.2, 0) is 14.8 Å². The molecule has 1 aliphatic heterocycles. The van der Waals surface area contributed by atoms with E-state index in [0.717, 1.165) is 0 Å². The molecule has 3 rings (SSSR count). The van der Waals surface area contributed by atoms with Crippen molar-refractivity contribution in [1.29, 1.82) is 0 Å². The van der Waals surface area contributed by atoms with E-state index in [4.69, 9.17) is 9.15 Å². The summed E-state index contributed by atoms with van der Waals surface area (Å²) in [6.07, 6.45) is 2.46. The SMILES string of the molecule is CCOC(=O)c1ccc(S(=O)(=O)NC2CCN(C(=O)c3ccco3)CC2)cc1. The number of piperidine rings is 1. The molecule has 0 spiro atoms. The van der Waals surface area contributed by atoms with Gasteiger partial charge in [-0.25, -0.2) is 17.9 Å². The van der Waals surface area contributed by atoms with Crippen LogP contribution in [0.5, 0.6) is 0 Å². The Morgan fingerprint density at radius 3 is 2.43 bits per heavy atom. The third kappa shape index (κ3) is 4.60. The average molecular weight is 406 g/mol. The number of benzene rings is 1. The Kier molecular flexibility index (Phi) is 6.15. The molecule has 1 saturated heterocycles. The van der Waals surface area contributed by atoms with E-state index in [2.05, 4.69) is 4.72 Å². The number of hydrogen-bond donors (Lipinski definition) is 1. The monoisotopic (exact) mass is 406 g/mol. The summed E-state index contributed by atoms with van der Waals surface area (Å²) in [4.78, 5) is 25.7. The molecule has 0 saturated carbocycles. The van der Waals surface area contributed by atoms with Crippen molar-refractivity contribution in [2.45, 2.75) is 30.7 Å². The van der Waals surface area contributed by atoms with E-state index in [1.54, 1.807) is 24.0 Å². The summed E-state index contributed by atoms with van der Waals surface area (Å²) in [6.45, 7) is 2.83. The predicted octanol–water partition coefficient (Wildman–Crippen LogP) is 2.04. The highest BCUT2D eigenvalue weighted by molar-refractivity contribution is 7.89. The molecular formula is C19H22N2O6S. The van der Waals surface area contributed by atoms with Gasteiger partial charge in [0.2, 0.25) is 10.0 Å². The predicted molar refractivity (Wildman–Crippen MR) is 100 cm³/mol. The molecule has 1 fully saturated rings. The topological polar surface area (TPSA) is 106 Å². The molecule has 150 valence electrons. The Labute approximate surface area is 163 Å². The van der Waals surface area contributed by atoms with Gasteiger partial charge in [-0.3, -0.25) is 4.79 Å². The third-order valence-electron chi connectivity index (χ3n) is 4.51. The van der Waals surface area contributed by atoms with Crippen molar-refractivity contribution in [3.8, 4) is 0 Å². The maximum Gasteiger partial charge on any atom is 0.338 e. The summed E-state index contributed by atoms with van der Waals surface area (Å²) in [5.74, 6) is -0.408. The van der Waals surface area contributed by atoms with E-state index < -0.39 is 16.0 Å². The molecule has 0 bridgehead atoms. The number of likely N-dealkylation sites (tertiary alicyclic amines) is 1. The van der Waals surface area contributed by atoms with Gasteiger partial charge < -0.3 is 14.1 Å². The molecule has 2 aromatic rings. The van der Waals surface area contributed by atoms with Gasteiger partial charge in [-0.2, -0.15) is 0 Å². The number of nitrogens with one attached hydrogen (secondary N) is 1. The molecule has 0 radical (unpaired) electrons. The van der Waals surface area contributed by atoms with Gasteiger partial charge in [0.05, 0.1) is 23.3 Å². The fourth-order valence-electron chi connectivity index (χ4n) is 3.03. The highest BCUT2D eigenvalue weighted by atomic mass is 32.2. The van der Waals surface area contributed by atoms with Gasteiger partial charge in [0.15, 0.2) is 5.76 Å². The van der Waals surface area contributed by atoms with E-state index >= 15 is 0 Å². The number of furan rings is 1. The summed E-state index contributed by atoms with van der Waals surface area (Å²) in [5, 5.41) is 0. The molecule has 0 unspecified atom stereocenters. The number of amides is 1. The van der Waals surface area contributed by atoms with E-state index in [0.29, 0.717) is 31.5 Å². The summed E-state index contributed by atoms with van der Waals surface area (Å²) in [5.41, 5.74) is 0.297. The molecule has 1 N–H and O–H groups in total. The Morgan fingerprint density at radius 2 is 1.86 bits per heavy atom. The second-order valence-electron chi connectivity index (χ2n) is 6.41. The Morgan fingerprint density at radius 1 is 1.18 bits per heavy atom. The summed E-state index contributed by atoms with van der Waals surface area (Å²) < 4.78 is 37.9. The number of nitrogens with zero attached hydrogens (tertiary/aromatic N) is 1. The highest BCUT2D eigenvalue weighted by Gasteiger charge is 2.28. The van der Waals surface area contributed by atoms with Crippen molar-refractivity contribution in [2.24, 2.45) is 0 Å². The summed E-state index contributed by atoms with van der Waals surface area (Å²) >= 11 is 0. The number of carbonyl (C=O) groups excluding carboxylic acids is 2. The lowest BCUT2D eigenvalue weighted by atomic mass is 10.1. The van der Waals surface area contributed by atoms with Crippen LogP contribution in [0.25, 0.3) is 0 Å². The van der Waals surface area contributed by atoms with Gasteiger partial charge in [-0.15, -0.1) is 0 Å². The van der Waals surface area contributed by atoms with Gasteiger partial charge >= 0.3 is 5.97 Å². The smallest absolute Gasteiger partial charge is 0.338 e. The van der Waals surface area contributed by atoms with E-state index in [1.807, 2.05) is 0 Å². The molecule has 8 nitrogen and oxygen atoms in total. The first-order valence-electron chi connectivity index (χ1n) is 9.03. The molecule has 2 heterocycles. The standard InChI is InChI=1S/C19H22N2O6S/c1-2-26-19(23)14-5-7-16(8-6-14)28(24,25)20-15-9-11-21(12-10-15)18(22)17-4-3-13-27-17/h3-8,13,15,20H,2,9-12H2,1H3. The molecule has 0 aliphatic carbocycles. The molecule has 1 amide bonds. The van der Waals surface area contributed by atoms with E-state index in [-0.39, 0.29) is 29.2 Å². The van der Waals surface area contributed by atoms with E-state index in [9.17, 15) is 18.0 Å². The molecule has 28 heavy (non-hydrogen) atoms. The normalized spacial score (nSPS) is 15.4. The Bertz CT molecular complexity index is 914. The number of hydrogen-bond acceptors (Lipinski definition) is 6. The van der Waals surface area contributed by atoms with Gasteiger partial charge in [0.25, 0.3) is 5.91 Å². The molecular weight excluding hydrogens is 384 g/mol. The van der Waals surface area contributed by atoms with Crippen molar-refractivity contribution in [2.75, 3.05) is 19.7 Å². The molecule has 9 heteroatoms. The lowest BCUT2D eigenvalue weighted by Crippen LogP contribution is -2.46. The van der Waals surface area contributed by atoms with Gasteiger partial charge in [0, 0.05) is 19.1 Å². The fourth-order valence-corrected chi connectivity index (χ4v) is 4.33. The number of ether oxygens (including phenoxy) is 1. The molecule has 1 aliphatic rings. The van der Waals surface area contributed by atoms with Crippen LogP contribution in [0.1, 0.15) is 40.7 Å². The van der Waals surface area contributed by atoms with Crippen LogP contribution in [0.3, 0.4) is 0 Å². The first kappa shape index (κ1) is 20.1. The third-order valence-corrected chi connectivity index (χ3v) is 6.05. The van der Waals surface area contributed by atoms with Crippen LogP contribution in [0.4, 0.5) is 0 Å². The van der Waals surface area contributed by atoms with Crippen molar-refractivity contribution in [3.63, 3.8) is 0 Å². The Balaban J connectivity index is 1.58. The first-order chi connectivity index (χ1) is 13.4. The lowest BCUT2D eigenvalue weighted by molar-refractivity contribution is 0.0525. The summed E-state index contributed by atoms with van der Waals surface area (Å²) in [7, 11) is -3.72. The highest BCUT2D eigenvalue weighted by Crippen LogP contribution is 2.18. The summed E-state index contributed by atoms with van der Waals surface area (Å²) in [6, 6.07) is 8.61. The van der Waals surface area contributed by atoms with Crippen molar-refractivity contribution >= 4 is 21.9 Å². The van der Waals surface area contributed by atoms with Crippen LogP contribution < -0.4 is 4.72 Å². The van der Waals surface area contributed by atoms with Crippen LogP contribution in [0.15, 0.2) is 52.0 Å². The van der Waals surface area contributed by atoms with Crippen LogP contribution in [0.2, 0.25) is 0 Å². The first-order valence-corrected chi connectivity index (χ1v) is 10.5. The second kappa shape index (κ2) is 8.57. The minimum absolute atomic E-state index is 0.0784. The average Bonchev–Trinajstić information content (AvgIpc) is 3.23. The quantitative estimate of drug-likeness (QED) is 0.736. The number of sulfonamides is 1. The van der Waals surface area contributed by atoms with Gasteiger partial charge in [-0.05, 0) is 56.2 Å². The minimum atomic E-state index is -3.72. The van der Waals surface area contributed by atoms with E-state index in [1.165, 1.54) is 30.5 Å². The Hall–Kier alpha value is -2.65. The number of esters is 1. The minimum Gasteiger partial charge on any atom is -0.462 e. The van der Waals surface area contributed by atoms with Crippen molar-refractivity contribution in [1.82, 2.24) is 9.62 Å². The molecule has 1 aromatic carbocycles. The maximum atomic E-state index is 12.6. The van der Waals surface area contributed by atoms with Gasteiger partial charge in [0.1, 0.15) is 0 Å². The zero-order valence-corrected chi connectivity index (χ0v) is 16.3. The van der Waals surface area contributed by atoms with Crippen LogP contribution >= 0.6 is 0 Å². The van der Waals surface area contributed by atoms with Gasteiger partial charge in [-0.1, -0.05) is 0 Å². The molecule has 0 atom stereocenters. The largest absolute Gasteiger partial charge is 0.462 e. The zero-order valence-electron chi connectivity index (χ0n) is 15.5. The second-order valence-corrected chi connectivity index (χ2v) is 8.12. The number of carbonyl (C=O) groups is 2. The van der Waals surface area contributed by atoms with Crippen molar-refractivity contribution < 1.29 is 27.2 Å². The lowest BCUT2D eigenvalue weighted by Gasteiger charge is -2.31. The number of rotatable bonds is 6. The van der Waals surface area contributed by atoms with Crippen LogP contribution in [-0.4, -0.2) is 50.9 Å². The molecule has 1 aromatic heterocycles. The van der Waals surface area contributed by atoms with Crippen LogP contribution in [0, 0.1) is 0 Å². The van der Waals surface area contributed by atoms with Crippen molar-refractivity contribution in [3.05, 3.63) is 54.0 Å². The zero-order chi connectivity index (χ0) is 20.1. The fraction of sp³-hybridized carbons (Fsp3) is 0.368. The maximum absolute atomic E-state index is 12.6.